The van der Waals surface area contributed by atoms with E-state index >= 15 is 0 Å². The molecule has 1 saturated carbocycles. The van der Waals surface area contributed by atoms with Gasteiger partial charge in [-0.3, -0.25) is 0 Å². The lowest BCUT2D eigenvalue weighted by molar-refractivity contribution is -0.224. The van der Waals surface area contributed by atoms with Crippen LogP contribution in [0.4, 0.5) is 4.79 Å². The van der Waals surface area contributed by atoms with Gasteiger partial charge in [0.1, 0.15) is 0 Å². The van der Waals surface area contributed by atoms with E-state index in [0.29, 0.717) is 6.42 Å². The summed E-state index contributed by atoms with van der Waals surface area (Å²) in [4.78, 5) is 12.2. The summed E-state index contributed by atoms with van der Waals surface area (Å²) < 4.78 is 18.0. The van der Waals surface area contributed by atoms with E-state index in [-0.39, 0.29) is 6.04 Å². The zero-order valence-corrected chi connectivity index (χ0v) is 17.2. The minimum atomic E-state index is -0.630. The molecule has 140 valence electrons. The summed E-state index contributed by atoms with van der Waals surface area (Å²) in [5.74, 6) is 0. The summed E-state index contributed by atoms with van der Waals surface area (Å²) in [6.07, 6.45) is 5.51. The van der Waals surface area contributed by atoms with Gasteiger partial charge in [0.15, 0.2) is 6.29 Å². The van der Waals surface area contributed by atoms with Crippen LogP contribution in [0.15, 0.2) is 24.3 Å². The van der Waals surface area contributed by atoms with Crippen molar-refractivity contribution in [2.45, 2.75) is 70.5 Å². The van der Waals surface area contributed by atoms with E-state index in [1.54, 1.807) is 7.11 Å². The first-order valence-corrected chi connectivity index (χ1v) is 10.1. The predicted octanol–water partition coefficient (Wildman–Crippen LogP) is 5.14. The lowest BCUT2D eigenvalue weighted by Gasteiger charge is -2.27. The number of amides is 1. The van der Waals surface area contributed by atoms with Crippen LogP contribution in [0.3, 0.4) is 0 Å². The molecule has 0 aliphatic heterocycles. The van der Waals surface area contributed by atoms with E-state index in [4.69, 9.17) is 14.2 Å². The first-order chi connectivity index (χ1) is 12.1. The molecule has 2 atom stereocenters. The van der Waals surface area contributed by atoms with E-state index in [0.717, 1.165) is 41.2 Å². The van der Waals surface area contributed by atoms with Crippen LogP contribution in [0.25, 0.3) is 0 Å². The molecule has 1 N–H and O–H groups in total. The zero-order valence-electron chi connectivity index (χ0n) is 15.0. The Hall–Kier alpha value is -0.860. The van der Waals surface area contributed by atoms with Gasteiger partial charge in [0.05, 0.1) is 0 Å². The number of ether oxygens (including phenoxy) is 3. The number of nitrogens with one attached hydrogen (secondary N) is 1. The summed E-state index contributed by atoms with van der Waals surface area (Å²) in [6, 6.07) is 8.09. The van der Waals surface area contributed by atoms with Gasteiger partial charge >= 0.3 is 6.09 Å². The van der Waals surface area contributed by atoms with E-state index in [2.05, 4.69) is 27.9 Å². The van der Waals surface area contributed by atoms with Gasteiger partial charge in [-0.2, -0.15) is 0 Å². The van der Waals surface area contributed by atoms with Gasteiger partial charge in [-0.25, -0.2) is 4.79 Å². The lowest BCUT2D eigenvalue weighted by Crippen LogP contribution is -2.39. The van der Waals surface area contributed by atoms with Gasteiger partial charge in [-0.1, -0.05) is 50.8 Å². The number of benzene rings is 1. The molecule has 0 saturated heterocycles. The van der Waals surface area contributed by atoms with Gasteiger partial charge in [0, 0.05) is 28.7 Å². The Kier molecular flexibility index (Phi) is 8.98. The number of rotatable bonds is 8. The highest BCUT2D eigenvalue weighted by Crippen LogP contribution is 2.26. The normalized spacial score (nSPS) is 17.7. The maximum absolute atomic E-state index is 12.2. The quantitative estimate of drug-likeness (QED) is 0.431. The van der Waals surface area contributed by atoms with Crippen LogP contribution in [0.5, 0.6) is 0 Å². The fourth-order valence-electron chi connectivity index (χ4n) is 3.02. The topological polar surface area (TPSA) is 56.8 Å². The van der Waals surface area contributed by atoms with E-state index < -0.39 is 18.7 Å². The van der Waals surface area contributed by atoms with Gasteiger partial charge in [-0.05, 0) is 41.5 Å². The maximum Gasteiger partial charge on any atom is 0.409 e. The molecular formula is C19H28INO4. The molecule has 0 heterocycles. The van der Waals surface area contributed by atoms with Crippen molar-refractivity contribution in [1.29, 1.82) is 0 Å². The molecule has 1 amide bonds. The average molecular weight is 461 g/mol. The Morgan fingerprint density at radius 2 is 2.00 bits per heavy atom. The highest BCUT2D eigenvalue weighted by Gasteiger charge is 2.24. The van der Waals surface area contributed by atoms with Gasteiger partial charge in [-0.15, -0.1) is 0 Å². The van der Waals surface area contributed by atoms with Crippen LogP contribution in [-0.2, 0) is 14.2 Å². The summed E-state index contributed by atoms with van der Waals surface area (Å²) in [6.45, 7) is 2.03. The van der Waals surface area contributed by atoms with Crippen LogP contribution in [0, 0.1) is 3.57 Å². The van der Waals surface area contributed by atoms with Crippen molar-refractivity contribution >= 4 is 28.7 Å². The van der Waals surface area contributed by atoms with Crippen molar-refractivity contribution in [3.63, 3.8) is 0 Å². The smallest absolute Gasteiger partial charge is 0.409 e. The Bertz CT molecular complexity index is 534. The first kappa shape index (κ1) is 20.5. The van der Waals surface area contributed by atoms with Crippen molar-refractivity contribution in [2.24, 2.45) is 0 Å². The van der Waals surface area contributed by atoms with Crippen molar-refractivity contribution < 1.29 is 19.0 Å². The monoisotopic (exact) mass is 461 g/mol. The molecule has 1 aliphatic carbocycles. The molecule has 25 heavy (non-hydrogen) atoms. The lowest BCUT2D eigenvalue weighted by atomic mass is 9.96. The van der Waals surface area contributed by atoms with E-state index in [1.807, 2.05) is 31.2 Å². The van der Waals surface area contributed by atoms with Crippen LogP contribution in [0.2, 0.25) is 0 Å². The molecule has 0 aromatic heterocycles. The highest BCUT2D eigenvalue weighted by atomic mass is 127. The largest absolute Gasteiger partial charge is 0.420 e. The minimum absolute atomic E-state index is 0.219. The van der Waals surface area contributed by atoms with Crippen molar-refractivity contribution in [1.82, 2.24) is 5.32 Å². The Morgan fingerprint density at radius 3 is 2.64 bits per heavy atom. The first-order valence-electron chi connectivity index (χ1n) is 9.03. The number of alkyl carbamates (subject to hydrolysis) is 1. The van der Waals surface area contributed by atoms with E-state index in [9.17, 15) is 4.79 Å². The summed E-state index contributed by atoms with van der Waals surface area (Å²) in [7, 11) is 1.60. The van der Waals surface area contributed by atoms with Crippen LogP contribution in [0.1, 0.15) is 63.7 Å². The Balaban J connectivity index is 1.94. The number of methoxy groups -OCH3 is 1. The zero-order chi connectivity index (χ0) is 18.1. The fraction of sp³-hybridized carbons (Fsp3) is 0.632. The third-order valence-electron chi connectivity index (χ3n) is 4.34. The number of carbonyl (C=O) groups excluding carboxylic acids is 1. The van der Waals surface area contributed by atoms with Gasteiger partial charge in [0.2, 0.25) is 6.29 Å². The third-order valence-corrected chi connectivity index (χ3v) is 5.32. The number of carbonyl (C=O) groups is 1. The molecule has 0 radical (unpaired) electrons. The molecule has 6 heteroatoms. The number of hydrogen-bond donors (Lipinski definition) is 1. The highest BCUT2D eigenvalue weighted by molar-refractivity contribution is 14.1. The van der Waals surface area contributed by atoms with Crippen LogP contribution >= 0.6 is 22.6 Å². The molecule has 1 aliphatic rings. The van der Waals surface area contributed by atoms with Crippen molar-refractivity contribution in [3.05, 3.63) is 33.4 Å². The predicted molar refractivity (Wildman–Crippen MR) is 105 cm³/mol. The van der Waals surface area contributed by atoms with Gasteiger partial charge in [0.25, 0.3) is 0 Å². The average Bonchev–Trinajstić information content (AvgIpc) is 2.61. The molecule has 1 fully saturated rings. The molecule has 5 nitrogen and oxygen atoms in total. The standard InChI is InChI=1S/C19H28INO4/c1-3-9-17(25-19(22)21-14-10-5-4-6-11-14)24-18(23-2)15-12-7-8-13-16(15)20/h7-8,12-14,17-18H,3-6,9-11H2,1-2H3,(H,21,22)/t17-,18-/m0/s1. The van der Waals surface area contributed by atoms with Crippen molar-refractivity contribution in [3.8, 4) is 0 Å². The minimum Gasteiger partial charge on any atom is -0.420 e. The molecule has 0 spiro atoms. The summed E-state index contributed by atoms with van der Waals surface area (Å²) >= 11 is 2.25. The maximum atomic E-state index is 12.2. The molecule has 0 bridgehead atoms. The van der Waals surface area contributed by atoms with Gasteiger partial charge < -0.3 is 19.5 Å². The summed E-state index contributed by atoms with van der Waals surface area (Å²) in [5, 5.41) is 2.97. The van der Waals surface area contributed by atoms with Crippen LogP contribution in [-0.4, -0.2) is 25.5 Å². The molecule has 1 aromatic carbocycles. The van der Waals surface area contributed by atoms with Crippen molar-refractivity contribution in [2.75, 3.05) is 7.11 Å². The molecule has 2 rings (SSSR count). The third kappa shape index (κ3) is 6.75. The molecular weight excluding hydrogens is 433 g/mol. The fourth-order valence-corrected chi connectivity index (χ4v) is 3.66. The Labute approximate surface area is 163 Å². The Morgan fingerprint density at radius 1 is 1.28 bits per heavy atom. The molecule has 0 unspecified atom stereocenters. The second kappa shape index (κ2) is 11.0. The van der Waals surface area contributed by atoms with Crippen LogP contribution < -0.4 is 5.32 Å². The summed E-state index contributed by atoms with van der Waals surface area (Å²) in [5.41, 5.74) is 0.933. The number of hydrogen-bond acceptors (Lipinski definition) is 4. The number of halogens is 1. The second-order valence-corrected chi connectivity index (χ2v) is 7.49. The van der Waals surface area contributed by atoms with E-state index in [1.165, 1.54) is 6.42 Å². The molecule has 1 aromatic rings. The SMILES string of the molecule is CCC[C@H](OC(=O)NC1CCCCC1)O[C@H](OC)c1ccccc1I. The second-order valence-electron chi connectivity index (χ2n) is 6.33.